The first-order valence-electron chi connectivity index (χ1n) is 11.0. The van der Waals surface area contributed by atoms with Crippen LogP contribution < -0.4 is 16.4 Å². The molecule has 8 heteroatoms. The zero-order chi connectivity index (χ0) is 24.8. The van der Waals surface area contributed by atoms with Crippen molar-refractivity contribution in [2.45, 2.75) is 39.7 Å². The van der Waals surface area contributed by atoms with Crippen LogP contribution in [-0.2, 0) is 4.79 Å². The third kappa shape index (κ3) is 6.46. The number of hydrogen-bond donors (Lipinski definition) is 3. The molecule has 0 aliphatic rings. The van der Waals surface area contributed by atoms with Gasteiger partial charge in [0, 0.05) is 26.7 Å². The largest absolute Gasteiger partial charge is 0.368 e. The Bertz CT molecular complexity index is 1210. The molecule has 6 nitrogen and oxygen atoms in total. The molecule has 0 aliphatic heterocycles. The highest BCUT2D eigenvalue weighted by molar-refractivity contribution is 7.17. The number of hydrogen-bond acceptors (Lipinski definition) is 4. The van der Waals surface area contributed by atoms with Crippen molar-refractivity contribution in [1.29, 1.82) is 0 Å². The maximum Gasteiger partial charge on any atom is 0.265 e. The minimum absolute atomic E-state index is 0.282. The van der Waals surface area contributed by atoms with Crippen LogP contribution in [-0.4, -0.2) is 23.8 Å². The molecule has 0 saturated heterocycles. The number of nitrogens with one attached hydrogen (secondary N) is 2. The van der Waals surface area contributed by atoms with Crippen LogP contribution >= 0.6 is 22.9 Å². The SMILES string of the molecule is Cc1ccc(C(=O)N[C@@H](CCC(C)C)C(N)=O)cc1NC(=O)c1ccc(-c2ccccc2Cl)s1. The highest BCUT2D eigenvalue weighted by atomic mass is 35.5. The average molecular weight is 498 g/mol. The Kier molecular flexibility index (Phi) is 8.47. The molecule has 1 heterocycles. The zero-order valence-corrected chi connectivity index (χ0v) is 20.9. The lowest BCUT2D eigenvalue weighted by Gasteiger charge is -2.17. The maximum atomic E-state index is 12.9. The number of rotatable bonds is 9. The number of carbonyl (C=O) groups excluding carboxylic acids is 3. The Balaban J connectivity index is 1.74. The number of carbonyl (C=O) groups is 3. The molecule has 1 aromatic heterocycles. The lowest BCUT2D eigenvalue weighted by molar-refractivity contribution is -0.120. The molecule has 2 aromatic carbocycles. The normalized spacial score (nSPS) is 11.8. The fraction of sp³-hybridized carbons (Fsp3) is 0.269. The molecular formula is C26H28ClN3O3S. The predicted octanol–water partition coefficient (Wildman–Crippen LogP) is 5.65. The van der Waals surface area contributed by atoms with E-state index in [4.69, 9.17) is 17.3 Å². The number of anilines is 1. The number of primary amides is 1. The van der Waals surface area contributed by atoms with Crippen molar-refractivity contribution >= 4 is 46.3 Å². The van der Waals surface area contributed by atoms with Crippen molar-refractivity contribution in [1.82, 2.24) is 5.32 Å². The van der Waals surface area contributed by atoms with Crippen LogP contribution in [0.5, 0.6) is 0 Å². The van der Waals surface area contributed by atoms with Crippen LogP contribution in [0, 0.1) is 12.8 Å². The van der Waals surface area contributed by atoms with E-state index in [1.54, 1.807) is 24.3 Å². The molecule has 0 aliphatic carbocycles. The number of thiophene rings is 1. The van der Waals surface area contributed by atoms with Gasteiger partial charge in [-0.05, 0) is 61.6 Å². The van der Waals surface area contributed by atoms with Gasteiger partial charge in [-0.1, -0.05) is 49.7 Å². The van der Waals surface area contributed by atoms with E-state index in [0.29, 0.717) is 33.5 Å². The summed E-state index contributed by atoms with van der Waals surface area (Å²) in [5.41, 5.74) is 7.99. The second-order valence-corrected chi connectivity index (χ2v) is 10.0. The molecule has 3 amide bonds. The van der Waals surface area contributed by atoms with Crippen molar-refractivity contribution < 1.29 is 14.4 Å². The van der Waals surface area contributed by atoms with Crippen LogP contribution in [0.25, 0.3) is 10.4 Å². The highest BCUT2D eigenvalue weighted by Crippen LogP contribution is 2.33. The number of amides is 3. The van der Waals surface area contributed by atoms with E-state index >= 15 is 0 Å². The quantitative estimate of drug-likeness (QED) is 0.356. The van der Waals surface area contributed by atoms with Gasteiger partial charge in [-0.3, -0.25) is 14.4 Å². The summed E-state index contributed by atoms with van der Waals surface area (Å²) in [6.45, 7) is 5.93. The van der Waals surface area contributed by atoms with E-state index in [9.17, 15) is 14.4 Å². The number of halogens is 1. The summed E-state index contributed by atoms with van der Waals surface area (Å²) in [5, 5.41) is 6.21. The van der Waals surface area contributed by atoms with Crippen molar-refractivity contribution in [3.63, 3.8) is 0 Å². The number of nitrogens with two attached hydrogens (primary N) is 1. The Morgan fingerprint density at radius 1 is 1.00 bits per heavy atom. The first kappa shape index (κ1) is 25.5. The number of aryl methyl sites for hydroxylation is 1. The van der Waals surface area contributed by atoms with Gasteiger partial charge in [0.2, 0.25) is 5.91 Å². The van der Waals surface area contributed by atoms with Crippen LogP contribution in [0.3, 0.4) is 0 Å². The number of benzene rings is 2. The van der Waals surface area contributed by atoms with Crippen LogP contribution in [0.4, 0.5) is 5.69 Å². The van der Waals surface area contributed by atoms with E-state index in [0.717, 1.165) is 22.4 Å². The molecule has 3 rings (SSSR count). The molecule has 0 spiro atoms. The highest BCUT2D eigenvalue weighted by Gasteiger charge is 2.20. The lowest BCUT2D eigenvalue weighted by atomic mass is 10.0. The van der Waals surface area contributed by atoms with Gasteiger partial charge in [0.15, 0.2) is 0 Å². The zero-order valence-electron chi connectivity index (χ0n) is 19.4. The summed E-state index contributed by atoms with van der Waals surface area (Å²) >= 11 is 7.61. The fourth-order valence-electron chi connectivity index (χ4n) is 3.37. The predicted molar refractivity (Wildman–Crippen MR) is 138 cm³/mol. The minimum atomic E-state index is -0.747. The van der Waals surface area contributed by atoms with E-state index in [2.05, 4.69) is 10.6 Å². The first-order valence-corrected chi connectivity index (χ1v) is 12.2. The van der Waals surface area contributed by atoms with Gasteiger partial charge in [0.05, 0.1) is 4.88 Å². The van der Waals surface area contributed by atoms with Gasteiger partial charge < -0.3 is 16.4 Å². The van der Waals surface area contributed by atoms with Gasteiger partial charge in [0.1, 0.15) is 6.04 Å². The van der Waals surface area contributed by atoms with E-state index in [1.165, 1.54) is 11.3 Å². The summed E-state index contributed by atoms with van der Waals surface area (Å²) in [7, 11) is 0. The molecule has 0 saturated carbocycles. The minimum Gasteiger partial charge on any atom is -0.368 e. The molecule has 178 valence electrons. The lowest BCUT2D eigenvalue weighted by Crippen LogP contribution is -2.44. The standard InChI is InChI=1S/C26H28ClN3O3S/c1-15(2)8-11-20(24(28)31)29-25(32)17-10-9-16(3)21(14-17)30-26(33)23-13-12-22(34-23)18-6-4-5-7-19(18)27/h4-7,9-10,12-15,20H,8,11H2,1-3H3,(H2,28,31)(H,29,32)(H,30,33)/t20-/m0/s1. The van der Waals surface area contributed by atoms with Crippen molar-refractivity contribution in [3.8, 4) is 10.4 Å². The Labute approximate surface area is 208 Å². The van der Waals surface area contributed by atoms with Gasteiger partial charge in [-0.25, -0.2) is 0 Å². The summed E-state index contributed by atoms with van der Waals surface area (Å²) in [6.07, 6.45) is 1.24. The summed E-state index contributed by atoms with van der Waals surface area (Å²) in [5.74, 6) is -0.881. The Morgan fingerprint density at radius 3 is 2.41 bits per heavy atom. The molecule has 0 bridgehead atoms. The summed E-state index contributed by atoms with van der Waals surface area (Å²) in [6, 6.07) is 15.3. The van der Waals surface area contributed by atoms with E-state index in [1.807, 2.05) is 51.1 Å². The van der Waals surface area contributed by atoms with Gasteiger partial charge in [0.25, 0.3) is 11.8 Å². The second kappa shape index (κ2) is 11.3. The topological polar surface area (TPSA) is 101 Å². The molecule has 0 unspecified atom stereocenters. The molecule has 0 fully saturated rings. The monoisotopic (exact) mass is 497 g/mol. The molecule has 4 N–H and O–H groups in total. The fourth-order valence-corrected chi connectivity index (χ4v) is 4.61. The van der Waals surface area contributed by atoms with E-state index < -0.39 is 17.9 Å². The molecule has 1 atom stereocenters. The van der Waals surface area contributed by atoms with Gasteiger partial charge >= 0.3 is 0 Å². The second-order valence-electron chi connectivity index (χ2n) is 8.53. The van der Waals surface area contributed by atoms with Crippen molar-refractivity contribution in [2.24, 2.45) is 11.7 Å². The van der Waals surface area contributed by atoms with Crippen molar-refractivity contribution in [2.75, 3.05) is 5.32 Å². The van der Waals surface area contributed by atoms with E-state index in [-0.39, 0.29) is 5.91 Å². The molecule has 34 heavy (non-hydrogen) atoms. The first-order chi connectivity index (χ1) is 16.2. The average Bonchev–Trinajstić information content (AvgIpc) is 3.28. The van der Waals surface area contributed by atoms with Crippen LogP contribution in [0.1, 0.15) is 52.3 Å². The van der Waals surface area contributed by atoms with Gasteiger partial charge in [-0.2, -0.15) is 0 Å². The van der Waals surface area contributed by atoms with Crippen LogP contribution in [0.15, 0.2) is 54.6 Å². The van der Waals surface area contributed by atoms with Crippen molar-refractivity contribution in [3.05, 3.63) is 75.6 Å². The van der Waals surface area contributed by atoms with Crippen LogP contribution in [0.2, 0.25) is 5.02 Å². The smallest absolute Gasteiger partial charge is 0.265 e. The Hall–Kier alpha value is -3.16. The third-order valence-corrected chi connectivity index (χ3v) is 6.85. The molecule has 3 aromatic rings. The third-order valence-electron chi connectivity index (χ3n) is 5.40. The Morgan fingerprint density at radius 2 is 1.74 bits per heavy atom. The molecular weight excluding hydrogens is 470 g/mol. The maximum absolute atomic E-state index is 12.9. The summed E-state index contributed by atoms with van der Waals surface area (Å²) < 4.78 is 0. The summed E-state index contributed by atoms with van der Waals surface area (Å²) in [4.78, 5) is 38.9. The molecule has 0 radical (unpaired) electrons. The van der Waals surface area contributed by atoms with Gasteiger partial charge in [-0.15, -0.1) is 11.3 Å².